The number of aliphatic hydroxyl groups excluding tert-OH is 1. The van der Waals surface area contributed by atoms with Gasteiger partial charge in [0.1, 0.15) is 5.76 Å². The van der Waals surface area contributed by atoms with Crippen LogP contribution in [0.4, 0.5) is 0 Å². The Morgan fingerprint density at radius 1 is 1.71 bits per heavy atom. The first-order chi connectivity index (χ1) is 6.75. The number of nitrogens with zero attached hydrogens (tertiary/aromatic N) is 2. The molecule has 0 bridgehead atoms. The van der Waals surface area contributed by atoms with Crippen molar-refractivity contribution in [2.45, 2.75) is 18.9 Å². The summed E-state index contributed by atoms with van der Waals surface area (Å²) in [6, 6.07) is 0. The van der Waals surface area contributed by atoms with E-state index >= 15 is 0 Å². The third-order valence-corrected chi connectivity index (χ3v) is 2.31. The Morgan fingerprint density at radius 3 is 3.14 bits per heavy atom. The third kappa shape index (κ3) is 1.93. The van der Waals surface area contributed by atoms with Crippen LogP contribution in [0.5, 0.6) is 0 Å². The summed E-state index contributed by atoms with van der Waals surface area (Å²) in [7, 11) is 0. The van der Waals surface area contributed by atoms with Crippen molar-refractivity contribution in [3.05, 3.63) is 18.4 Å². The Bertz CT molecular complexity index is 310. The Labute approximate surface area is 81.3 Å². The first-order valence-electron chi connectivity index (χ1n) is 4.59. The third-order valence-electron chi connectivity index (χ3n) is 2.31. The molecule has 0 saturated carbocycles. The molecule has 1 unspecified atom stereocenters. The summed E-state index contributed by atoms with van der Waals surface area (Å²) in [5.74, 6) is 0.774. The molecule has 76 valence electrons. The standard InChI is InChI=1S/C9H12N2O3/c12-7-3-9(13)11(5-7)2-1-8-4-10-6-14-8/h4,6-7,12H,1-3,5H2. The molecule has 2 heterocycles. The lowest BCUT2D eigenvalue weighted by atomic mass is 10.3. The summed E-state index contributed by atoms with van der Waals surface area (Å²) in [6.07, 6.45) is 3.40. The molecule has 0 aromatic carbocycles. The van der Waals surface area contributed by atoms with Gasteiger partial charge in [-0.3, -0.25) is 4.79 Å². The van der Waals surface area contributed by atoms with Crippen LogP contribution < -0.4 is 0 Å². The minimum Gasteiger partial charge on any atom is -0.448 e. The minimum atomic E-state index is -0.503. The van der Waals surface area contributed by atoms with Gasteiger partial charge in [-0.1, -0.05) is 0 Å². The number of hydrogen-bond acceptors (Lipinski definition) is 4. The number of aromatic nitrogens is 1. The van der Waals surface area contributed by atoms with Gasteiger partial charge in [0, 0.05) is 19.5 Å². The number of hydrogen-bond donors (Lipinski definition) is 1. The maximum Gasteiger partial charge on any atom is 0.225 e. The maximum atomic E-state index is 11.3. The SMILES string of the molecule is O=C1CC(O)CN1CCc1cnco1. The average molecular weight is 196 g/mol. The molecule has 14 heavy (non-hydrogen) atoms. The molecule has 2 rings (SSSR count). The van der Waals surface area contributed by atoms with E-state index in [0.29, 0.717) is 19.5 Å². The van der Waals surface area contributed by atoms with Gasteiger partial charge in [0.05, 0.1) is 18.7 Å². The fourth-order valence-corrected chi connectivity index (χ4v) is 1.58. The molecule has 1 aliphatic rings. The zero-order valence-corrected chi connectivity index (χ0v) is 7.72. The van der Waals surface area contributed by atoms with Gasteiger partial charge in [0.25, 0.3) is 0 Å². The van der Waals surface area contributed by atoms with Crippen LogP contribution in [0.15, 0.2) is 17.0 Å². The Hall–Kier alpha value is -1.36. The second kappa shape index (κ2) is 3.79. The number of likely N-dealkylation sites (tertiary alicyclic amines) is 1. The highest BCUT2D eigenvalue weighted by Gasteiger charge is 2.27. The molecule has 1 saturated heterocycles. The van der Waals surface area contributed by atoms with Gasteiger partial charge in [0.2, 0.25) is 5.91 Å². The van der Waals surface area contributed by atoms with Crippen molar-refractivity contribution < 1.29 is 14.3 Å². The number of oxazole rings is 1. The Kier molecular flexibility index (Phi) is 2.49. The molecule has 0 radical (unpaired) electrons. The molecular weight excluding hydrogens is 184 g/mol. The van der Waals surface area contributed by atoms with Gasteiger partial charge in [-0.2, -0.15) is 0 Å². The molecule has 1 aromatic heterocycles. The van der Waals surface area contributed by atoms with Gasteiger partial charge in [-0.05, 0) is 0 Å². The number of β-amino-alcohol motifs (C(OH)–C–C–N with tert-alkyl or cyclic N) is 1. The van der Waals surface area contributed by atoms with Gasteiger partial charge in [-0.15, -0.1) is 0 Å². The summed E-state index contributed by atoms with van der Waals surface area (Å²) in [4.78, 5) is 16.7. The maximum absolute atomic E-state index is 11.3. The van der Waals surface area contributed by atoms with Crippen LogP contribution in [0.2, 0.25) is 0 Å². The Morgan fingerprint density at radius 2 is 2.57 bits per heavy atom. The number of carbonyl (C=O) groups excluding carboxylic acids is 1. The lowest BCUT2D eigenvalue weighted by Crippen LogP contribution is -2.28. The fourth-order valence-electron chi connectivity index (χ4n) is 1.58. The molecule has 1 aliphatic heterocycles. The second-order valence-electron chi connectivity index (χ2n) is 3.42. The first kappa shape index (κ1) is 9.21. The molecule has 1 atom stereocenters. The van der Waals surface area contributed by atoms with E-state index in [9.17, 15) is 9.90 Å². The van der Waals surface area contributed by atoms with E-state index in [1.165, 1.54) is 6.39 Å². The zero-order chi connectivity index (χ0) is 9.97. The molecule has 1 N–H and O–H groups in total. The lowest BCUT2D eigenvalue weighted by Gasteiger charge is -2.13. The molecular formula is C9H12N2O3. The quantitative estimate of drug-likeness (QED) is 0.727. The number of aliphatic hydroxyl groups is 1. The number of rotatable bonds is 3. The predicted molar refractivity (Wildman–Crippen MR) is 47.4 cm³/mol. The normalized spacial score (nSPS) is 21.9. The van der Waals surface area contributed by atoms with E-state index in [1.54, 1.807) is 11.1 Å². The summed E-state index contributed by atoms with van der Waals surface area (Å²) < 4.78 is 5.04. The highest BCUT2D eigenvalue weighted by molar-refractivity contribution is 5.78. The largest absolute Gasteiger partial charge is 0.448 e. The van der Waals surface area contributed by atoms with Crippen molar-refractivity contribution in [1.29, 1.82) is 0 Å². The van der Waals surface area contributed by atoms with Crippen LogP contribution in [0.1, 0.15) is 12.2 Å². The van der Waals surface area contributed by atoms with E-state index in [2.05, 4.69) is 4.98 Å². The molecule has 5 heteroatoms. The van der Waals surface area contributed by atoms with Crippen LogP contribution in [0.3, 0.4) is 0 Å². The van der Waals surface area contributed by atoms with Crippen LogP contribution in [0, 0.1) is 0 Å². The van der Waals surface area contributed by atoms with E-state index < -0.39 is 6.10 Å². The average Bonchev–Trinajstić information content (AvgIpc) is 2.72. The summed E-state index contributed by atoms with van der Waals surface area (Å²) in [5.41, 5.74) is 0. The van der Waals surface area contributed by atoms with Crippen LogP contribution in [-0.4, -0.2) is 40.1 Å². The lowest BCUT2D eigenvalue weighted by molar-refractivity contribution is -0.127. The number of carbonyl (C=O) groups is 1. The first-order valence-corrected chi connectivity index (χ1v) is 4.59. The predicted octanol–water partition coefficient (Wildman–Crippen LogP) is -0.190. The van der Waals surface area contributed by atoms with Crippen LogP contribution >= 0.6 is 0 Å². The smallest absolute Gasteiger partial charge is 0.225 e. The number of amides is 1. The summed E-state index contributed by atoms with van der Waals surface area (Å²) in [5, 5.41) is 9.23. The molecule has 1 aromatic rings. The fraction of sp³-hybridized carbons (Fsp3) is 0.556. The van der Waals surface area contributed by atoms with E-state index in [4.69, 9.17) is 4.42 Å². The topological polar surface area (TPSA) is 66.6 Å². The van der Waals surface area contributed by atoms with Gasteiger partial charge in [0.15, 0.2) is 6.39 Å². The highest BCUT2D eigenvalue weighted by atomic mass is 16.3. The molecule has 0 aliphatic carbocycles. The van der Waals surface area contributed by atoms with Gasteiger partial charge in [-0.25, -0.2) is 4.98 Å². The van der Waals surface area contributed by atoms with Crippen LogP contribution in [-0.2, 0) is 11.2 Å². The van der Waals surface area contributed by atoms with Crippen molar-refractivity contribution in [3.63, 3.8) is 0 Å². The molecule has 1 fully saturated rings. The van der Waals surface area contributed by atoms with E-state index in [0.717, 1.165) is 5.76 Å². The van der Waals surface area contributed by atoms with Crippen molar-refractivity contribution in [3.8, 4) is 0 Å². The molecule has 5 nitrogen and oxygen atoms in total. The minimum absolute atomic E-state index is 0.0111. The van der Waals surface area contributed by atoms with Crippen molar-refractivity contribution in [2.75, 3.05) is 13.1 Å². The van der Waals surface area contributed by atoms with Gasteiger partial charge >= 0.3 is 0 Å². The monoisotopic (exact) mass is 196 g/mol. The van der Waals surface area contributed by atoms with Crippen LogP contribution in [0.25, 0.3) is 0 Å². The highest BCUT2D eigenvalue weighted by Crippen LogP contribution is 2.11. The second-order valence-corrected chi connectivity index (χ2v) is 3.42. The summed E-state index contributed by atoms with van der Waals surface area (Å²) >= 11 is 0. The van der Waals surface area contributed by atoms with E-state index in [1.807, 2.05) is 0 Å². The zero-order valence-electron chi connectivity index (χ0n) is 7.72. The molecule has 1 amide bonds. The summed E-state index contributed by atoms with van der Waals surface area (Å²) in [6.45, 7) is 1.03. The van der Waals surface area contributed by atoms with Gasteiger partial charge < -0.3 is 14.4 Å². The van der Waals surface area contributed by atoms with Crippen molar-refractivity contribution in [2.24, 2.45) is 0 Å². The Balaban J connectivity index is 1.84. The van der Waals surface area contributed by atoms with E-state index in [-0.39, 0.29) is 12.3 Å². The molecule has 0 spiro atoms. The van der Waals surface area contributed by atoms with Crippen molar-refractivity contribution >= 4 is 5.91 Å². The van der Waals surface area contributed by atoms with Crippen molar-refractivity contribution in [1.82, 2.24) is 9.88 Å².